The largest absolute Gasteiger partial charge is 0.363 e. The summed E-state index contributed by atoms with van der Waals surface area (Å²) in [6, 6.07) is 2.31. The summed E-state index contributed by atoms with van der Waals surface area (Å²) in [5.41, 5.74) is -0.478. The zero-order chi connectivity index (χ0) is 8.56. The summed E-state index contributed by atoms with van der Waals surface area (Å²) >= 11 is 0. The van der Waals surface area contributed by atoms with Gasteiger partial charge in [0.25, 0.3) is 0 Å². The Morgan fingerprint density at radius 2 is 2.17 bits per heavy atom. The van der Waals surface area contributed by atoms with E-state index in [0.29, 0.717) is 0 Å². The molecule has 0 spiro atoms. The van der Waals surface area contributed by atoms with E-state index in [2.05, 4.69) is 13.0 Å². The summed E-state index contributed by atoms with van der Waals surface area (Å²) in [5, 5.41) is 8.92. The lowest BCUT2D eigenvalue weighted by atomic mass is 9.76. The fourth-order valence-corrected chi connectivity index (χ4v) is 2.84. The monoisotopic (exact) mass is 165 g/mol. The fraction of sp³-hybridized carbons (Fsp3) is 0.889. The van der Waals surface area contributed by atoms with Gasteiger partial charge < -0.3 is 9.47 Å². The van der Waals surface area contributed by atoms with E-state index in [-0.39, 0.29) is 29.3 Å². The lowest BCUT2D eigenvalue weighted by Crippen LogP contribution is -2.36. The van der Waals surface area contributed by atoms with Crippen LogP contribution in [0.2, 0.25) is 0 Å². The Morgan fingerprint density at radius 1 is 1.42 bits per heavy atom. The van der Waals surface area contributed by atoms with Crippen molar-refractivity contribution in [2.75, 3.05) is 0 Å². The molecule has 0 aliphatic carbocycles. The van der Waals surface area contributed by atoms with Crippen molar-refractivity contribution in [1.82, 2.24) is 0 Å². The normalized spacial score (nSPS) is 65.9. The molecule has 0 unspecified atom stereocenters. The van der Waals surface area contributed by atoms with Gasteiger partial charge in [-0.15, -0.1) is 0 Å². The van der Waals surface area contributed by atoms with Crippen molar-refractivity contribution in [2.24, 2.45) is 5.92 Å². The topological polar surface area (TPSA) is 45.5 Å². The van der Waals surface area contributed by atoms with E-state index in [1.54, 1.807) is 0 Å². The first-order chi connectivity index (χ1) is 5.60. The standard InChI is InChI=1S/C9H11NO2/c1-8-3-5(4-10)9(2,12-8)7-6(8)11-7/h5-7H,3H2,1-2H3/t5-,6+,7-,8-,9+/m0/s1. The average Bonchev–Trinajstić information content (AvgIpc) is 2.71. The smallest absolute Gasteiger partial charge is 0.117 e. The van der Waals surface area contributed by atoms with Gasteiger partial charge in [0, 0.05) is 0 Å². The van der Waals surface area contributed by atoms with E-state index in [1.807, 2.05) is 6.92 Å². The predicted molar refractivity (Wildman–Crippen MR) is 40.3 cm³/mol. The summed E-state index contributed by atoms with van der Waals surface area (Å²) < 4.78 is 11.4. The van der Waals surface area contributed by atoms with Crippen molar-refractivity contribution in [1.29, 1.82) is 5.26 Å². The second-order valence-electron chi connectivity index (χ2n) is 4.46. The van der Waals surface area contributed by atoms with Crippen LogP contribution in [0.15, 0.2) is 0 Å². The Labute approximate surface area is 71.3 Å². The molecule has 3 nitrogen and oxygen atoms in total. The van der Waals surface area contributed by atoms with E-state index < -0.39 is 0 Å². The summed E-state index contributed by atoms with van der Waals surface area (Å²) in [6.45, 7) is 4.06. The van der Waals surface area contributed by atoms with Gasteiger partial charge >= 0.3 is 0 Å². The number of fused-ring (bicyclic) bond motifs is 5. The third-order valence-electron chi connectivity index (χ3n) is 3.57. The predicted octanol–water partition coefficient (Wildman–Crippen LogP) is 0.845. The third-order valence-corrected chi connectivity index (χ3v) is 3.57. The summed E-state index contributed by atoms with van der Waals surface area (Å²) in [4.78, 5) is 0. The average molecular weight is 165 g/mol. The van der Waals surface area contributed by atoms with E-state index in [0.717, 1.165) is 6.42 Å². The van der Waals surface area contributed by atoms with E-state index >= 15 is 0 Å². The van der Waals surface area contributed by atoms with Crippen LogP contribution in [0.5, 0.6) is 0 Å². The number of rotatable bonds is 0. The molecular weight excluding hydrogens is 154 g/mol. The third kappa shape index (κ3) is 0.502. The number of hydrogen-bond donors (Lipinski definition) is 0. The maximum absolute atomic E-state index is 8.92. The molecule has 5 atom stereocenters. The second-order valence-corrected chi connectivity index (χ2v) is 4.46. The number of hydrogen-bond acceptors (Lipinski definition) is 3. The Morgan fingerprint density at radius 3 is 2.67 bits per heavy atom. The highest BCUT2D eigenvalue weighted by Gasteiger charge is 2.77. The van der Waals surface area contributed by atoms with Crippen LogP contribution in [0.3, 0.4) is 0 Å². The highest BCUT2D eigenvalue weighted by atomic mass is 16.7. The van der Waals surface area contributed by atoms with Crippen LogP contribution in [-0.2, 0) is 9.47 Å². The molecule has 0 aromatic heterocycles. The quantitative estimate of drug-likeness (QED) is 0.500. The van der Waals surface area contributed by atoms with Crippen molar-refractivity contribution in [3.05, 3.63) is 0 Å². The van der Waals surface area contributed by atoms with Crippen LogP contribution in [-0.4, -0.2) is 23.4 Å². The van der Waals surface area contributed by atoms with E-state index in [1.165, 1.54) is 0 Å². The summed E-state index contributed by atoms with van der Waals surface area (Å²) in [7, 11) is 0. The molecule has 0 saturated carbocycles. The number of nitrogens with zero attached hydrogens (tertiary/aromatic N) is 1. The SMILES string of the molecule is C[C@@]12O[C@@](C)(C[C@H]1C#N)[C@@H]1O[C@@H]12. The second kappa shape index (κ2) is 1.55. The lowest BCUT2D eigenvalue weighted by molar-refractivity contribution is -0.0992. The van der Waals surface area contributed by atoms with Crippen LogP contribution in [0.4, 0.5) is 0 Å². The first kappa shape index (κ1) is 6.88. The number of ether oxygens (including phenoxy) is 2. The molecule has 3 heterocycles. The van der Waals surface area contributed by atoms with Crippen molar-refractivity contribution < 1.29 is 9.47 Å². The van der Waals surface area contributed by atoms with Gasteiger partial charge in [0.05, 0.1) is 17.6 Å². The first-order valence-corrected chi connectivity index (χ1v) is 4.35. The summed E-state index contributed by atoms with van der Waals surface area (Å²) in [6.07, 6.45) is 1.30. The van der Waals surface area contributed by atoms with Crippen LogP contribution in [0.25, 0.3) is 0 Å². The van der Waals surface area contributed by atoms with Gasteiger partial charge in [-0.25, -0.2) is 0 Å². The molecule has 2 bridgehead atoms. The van der Waals surface area contributed by atoms with Crippen LogP contribution in [0.1, 0.15) is 20.3 Å². The molecule has 0 radical (unpaired) electrons. The maximum Gasteiger partial charge on any atom is 0.117 e. The molecule has 3 rings (SSSR count). The van der Waals surface area contributed by atoms with Crippen LogP contribution >= 0.6 is 0 Å². The van der Waals surface area contributed by atoms with Gasteiger partial charge in [-0.3, -0.25) is 0 Å². The molecular formula is C9H11NO2. The molecule has 0 N–H and O–H groups in total. The van der Waals surface area contributed by atoms with E-state index in [9.17, 15) is 0 Å². The van der Waals surface area contributed by atoms with Crippen molar-refractivity contribution >= 4 is 0 Å². The molecule has 64 valence electrons. The minimum absolute atomic E-state index is 0.0197. The molecule has 12 heavy (non-hydrogen) atoms. The van der Waals surface area contributed by atoms with E-state index in [4.69, 9.17) is 14.7 Å². The highest BCUT2D eigenvalue weighted by Crippen LogP contribution is 2.62. The lowest BCUT2D eigenvalue weighted by Gasteiger charge is -2.22. The van der Waals surface area contributed by atoms with Crippen LogP contribution < -0.4 is 0 Å². The van der Waals surface area contributed by atoms with Crippen molar-refractivity contribution in [2.45, 2.75) is 43.7 Å². The minimum Gasteiger partial charge on any atom is -0.363 e. The number of epoxide rings is 1. The maximum atomic E-state index is 8.92. The van der Waals surface area contributed by atoms with Gasteiger partial charge in [-0.05, 0) is 20.3 Å². The van der Waals surface area contributed by atoms with Crippen LogP contribution in [0, 0.1) is 17.2 Å². The Balaban J connectivity index is 2.06. The molecule has 0 aromatic rings. The molecule has 3 saturated heterocycles. The molecule has 3 aliphatic rings. The molecule has 3 fully saturated rings. The molecule has 0 aromatic carbocycles. The highest BCUT2D eigenvalue weighted by molar-refractivity contribution is 5.27. The van der Waals surface area contributed by atoms with Gasteiger partial charge in [-0.1, -0.05) is 0 Å². The zero-order valence-corrected chi connectivity index (χ0v) is 7.20. The molecule has 0 amide bonds. The van der Waals surface area contributed by atoms with Crippen molar-refractivity contribution in [3.8, 4) is 6.07 Å². The minimum atomic E-state index is -0.311. The van der Waals surface area contributed by atoms with Gasteiger partial charge in [0.15, 0.2) is 0 Å². The van der Waals surface area contributed by atoms with Gasteiger partial charge in [-0.2, -0.15) is 5.26 Å². The summed E-state index contributed by atoms with van der Waals surface area (Å²) in [5.74, 6) is 0.0197. The Kier molecular flexibility index (Phi) is 0.886. The molecule has 3 aliphatic heterocycles. The number of nitriles is 1. The van der Waals surface area contributed by atoms with Crippen molar-refractivity contribution in [3.63, 3.8) is 0 Å². The Hall–Kier alpha value is -0.590. The zero-order valence-electron chi connectivity index (χ0n) is 7.20. The fourth-order valence-electron chi connectivity index (χ4n) is 2.84. The Bertz CT molecular complexity index is 297. The van der Waals surface area contributed by atoms with Gasteiger partial charge in [0.1, 0.15) is 17.8 Å². The van der Waals surface area contributed by atoms with Gasteiger partial charge in [0.2, 0.25) is 0 Å². The molecule has 3 heteroatoms. The first-order valence-electron chi connectivity index (χ1n) is 4.35.